The van der Waals surface area contributed by atoms with E-state index in [1.165, 1.54) is 0 Å². The smallest absolute Gasteiger partial charge is 0.137 e. The Morgan fingerprint density at radius 2 is 1.47 bits per heavy atom. The van der Waals surface area contributed by atoms with Crippen molar-refractivity contribution >= 4 is 18.6 Å². The van der Waals surface area contributed by atoms with E-state index in [1.807, 2.05) is 79.7 Å². The van der Waals surface area contributed by atoms with Crippen LogP contribution in [0.3, 0.4) is 0 Å². The predicted molar refractivity (Wildman–Crippen MR) is 157 cm³/mol. The molecular formula is C33H39N2O2P. The summed E-state index contributed by atoms with van der Waals surface area (Å²) >= 11 is 0. The van der Waals surface area contributed by atoms with Gasteiger partial charge in [0.15, 0.2) is 0 Å². The van der Waals surface area contributed by atoms with E-state index >= 15 is 4.57 Å². The highest BCUT2D eigenvalue weighted by Crippen LogP contribution is 2.66. The van der Waals surface area contributed by atoms with E-state index in [4.69, 9.17) is 0 Å². The van der Waals surface area contributed by atoms with Crippen LogP contribution in [0.15, 0.2) is 84.9 Å². The van der Waals surface area contributed by atoms with E-state index in [9.17, 15) is 10.1 Å². The Kier molecular flexibility index (Phi) is 8.59. The third-order valence-corrected chi connectivity index (χ3v) is 12.0. The fourth-order valence-electron chi connectivity index (χ4n) is 5.96. The van der Waals surface area contributed by atoms with Gasteiger partial charge >= 0.3 is 0 Å². The van der Waals surface area contributed by atoms with Crippen molar-refractivity contribution in [1.82, 2.24) is 0 Å². The molecule has 0 saturated heterocycles. The Bertz CT molecular complexity index is 1270. The van der Waals surface area contributed by atoms with Crippen molar-refractivity contribution < 1.29 is 9.36 Å². The van der Waals surface area contributed by atoms with E-state index in [0.29, 0.717) is 18.7 Å². The van der Waals surface area contributed by atoms with Gasteiger partial charge < -0.3 is 9.46 Å². The standard InChI is InChI=1S/C33H39N2O2P/c1-33(2)28(19-20-34)21-30(33)31(36)22-32(27-15-17-29(18-16-27)35(3)4)38(37,23-25-11-7-5-8-12-25)24-26-13-9-6-10-14-26/h5-18,28,30,32H,19,21-24H2,1-4H3/t28-,30-,32?/m0/s1. The first-order valence-electron chi connectivity index (χ1n) is 13.5. The Balaban J connectivity index is 1.74. The molecule has 0 aromatic heterocycles. The van der Waals surface area contributed by atoms with Gasteiger partial charge in [0.1, 0.15) is 12.9 Å². The molecular weight excluding hydrogens is 487 g/mol. The second-order valence-electron chi connectivity index (χ2n) is 11.6. The molecule has 4 nitrogen and oxygen atoms in total. The molecule has 3 aromatic carbocycles. The number of nitriles is 1. The maximum atomic E-state index is 15.3. The highest BCUT2D eigenvalue weighted by atomic mass is 31.2. The van der Waals surface area contributed by atoms with Gasteiger partial charge in [-0.1, -0.05) is 86.6 Å². The van der Waals surface area contributed by atoms with Crippen LogP contribution in [0.4, 0.5) is 5.69 Å². The van der Waals surface area contributed by atoms with Crippen molar-refractivity contribution in [3.05, 3.63) is 102 Å². The summed E-state index contributed by atoms with van der Waals surface area (Å²) in [6.45, 7) is 4.21. The van der Waals surface area contributed by atoms with Crippen molar-refractivity contribution in [3.8, 4) is 6.07 Å². The summed E-state index contributed by atoms with van der Waals surface area (Å²) in [5.74, 6) is 0.304. The lowest BCUT2D eigenvalue weighted by atomic mass is 9.52. The normalized spacial score (nSPS) is 19.1. The monoisotopic (exact) mass is 526 g/mol. The number of anilines is 1. The molecule has 0 N–H and O–H groups in total. The number of carbonyl (C=O) groups is 1. The molecule has 198 valence electrons. The first-order chi connectivity index (χ1) is 18.1. The van der Waals surface area contributed by atoms with Gasteiger partial charge in [0, 0.05) is 56.5 Å². The fraction of sp³-hybridized carbons (Fsp3) is 0.394. The summed E-state index contributed by atoms with van der Waals surface area (Å²) in [7, 11) is 1.03. The van der Waals surface area contributed by atoms with Crippen molar-refractivity contribution in [2.24, 2.45) is 17.3 Å². The zero-order chi connectivity index (χ0) is 27.3. The van der Waals surface area contributed by atoms with Crippen LogP contribution in [0.5, 0.6) is 0 Å². The van der Waals surface area contributed by atoms with E-state index in [1.54, 1.807) is 0 Å². The summed E-state index contributed by atoms with van der Waals surface area (Å²) in [6.07, 6.45) is 2.37. The molecule has 0 amide bonds. The number of hydrogen-bond acceptors (Lipinski definition) is 4. The summed E-state index contributed by atoms with van der Waals surface area (Å²) in [5, 5.41) is 9.23. The second kappa shape index (κ2) is 11.7. The van der Waals surface area contributed by atoms with E-state index in [0.717, 1.165) is 28.8 Å². The summed E-state index contributed by atoms with van der Waals surface area (Å²) < 4.78 is 15.3. The van der Waals surface area contributed by atoms with Crippen LogP contribution >= 0.6 is 7.14 Å². The van der Waals surface area contributed by atoms with Gasteiger partial charge in [0.05, 0.1) is 6.07 Å². The molecule has 0 heterocycles. The quantitative estimate of drug-likeness (QED) is 0.237. The molecule has 4 rings (SSSR count). The molecule has 1 aliphatic rings. The number of ketones is 1. The molecule has 5 heteroatoms. The van der Waals surface area contributed by atoms with Gasteiger partial charge in [-0.25, -0.2) is 0 Å². The SMILES string of the molecule is CN(C)c1ccc(C(CC(=O)[C@@H]2C[C@H](CC#N)C2(C)C)P(=O)(Cc2ccccc2)Cc2ccccc2)cc1. The first kappa shape index (κ1) is 27.9. The minimum absolute atomic E-state index is 0.105. The number of Topliss-reactive ketones (excluding diaryl/α,β-unsaturated/α-hetero) is 1. The van der Waals surface area contributed by atoms with Crippen LogP contribution in [0.1, 0.15) is 55.5 Å². The van der Waals surface area contributed by atoms with Gasteiger partial charge in [-0.3, -0.25) is 4.79 Å². The lowest BCUT2D eigenvalue weighted by Crippen LogP contribution is -2.48. The minimum Gasteiger partial charge on any atom is -0.378 e. The highest BCUT2D eigenvalue weighted by Gasteiger charge is 2.52. The van der Waals surface area contributed by atoms with Crippen LogP contribution in [0.2, 0.25) is 0 Å². The number of hydrogen-bond donors (Lipinski definition) is 0. The maximum Gasteiger partial charge on any atom is 0.137 e. The minimum atomic E-state index is -2.97. The molecule has 38 heavy (non-hydrogen) atoms. The Hall–Kier alpha value is -3.15. The lowest BCUT2D eigenvalue weighted by Gasteiger charge is -2.51. The second-order valence-corrected chi connectivity index (χ2v) is 14.7. The average Bonchev–Trinajstić information content (AvgIpc) is 2.90. The maximum absolute atomic E-state index is 15.3. The fourth-order valence-corrected chi connectivity index (χ4v) is 9.40. The molecule has 1 fully saturated rings. The molecule has 3 aromatic rings. The zero-order valence-electron chi connectivity index (χ0n) is 23.0. The Morgan fingerprint density at radius 1 is 0.947 bits per heavy atom. The van der Waals surface area contributed by atoms with Crippen LogP contribution in [0, 0.1) is 28.6 Å². The summed E-state index contributed by atoms with van der Waals surface area (Å²) in [4.78, 5) is 15.9. The van der Waals surface area contributed by atoms with E-state index < -0.39 is 7.14 Å². The number of nitrogens with zero attached hydrogens (tertiary/aromatic N) is 2. The largest absolute Gasteiger partial charge is 0.378 e. The molecule has 3 atom stereocenters. The first-order valence-corrected chi connectivity index (χ1v) is 15.6. The van der Waals surface area contributed by atoms with Gasteiger partial charge in [0.2, 0.25) is 0 Å². The van der Waals surface area contributed by atoms with Crippen molar-refractivity contribution in [3.63, 3.8) is 0 Å². The Labute approximate surface area is 228 Å². The van der Waals surface area contributed by atoms with Crippen LogP contribution < -0.4 is 4.90 Å². The molecule has 1 saturated carbocycles. The zero-order valence-corrected chi connectivity index (χ0v) is 23.9. The van der Waals surface area contributed by atoms with E-state index in [2.05, 4.69) is 44.2 Å². The molecule has 0 aliphatic heterocycles. The Morgan fingerprint density at radius 3 is 1.92 bits per heavy atom. The third-order valence-electron chi connectivity index (χ3n) is 8.54. The van der Waals surface area contributed by atoms with Crippen LogP contribution in [-0.4, -0.2) is 19.9 Å². The van der Waals surface area contributed by atoms with E-state index in [-0.39, 0.29) is 35.1 Å². The molecule has 1 unspecified atom stereocenters. The average molecular weight is 527 g/mol. The van der Waals surface area contributed by atoms with Crippen molar-refractivity contribution in [2.75, 3.05) is 19.0 Å². The molecule has 0 radical (unpaired) electrons. The highest BCUT2D eigenvalue weighted by molar-refractivity contribution is 7.62. The third kappa shape index (κ3) is 6.11. The number of benzene rings is 3. The van der Waals surface area contributed by atoms with Gasteiger partial charge in [-0.05, 0) is 46.6 Å². The predicted octanol–water partition coefficient (Wildman–Crippen LogP) is 8.09. The van der Waals surface area contributed by atoms with Crippen LogP contribution in [0.25, 0.3) is 0 Å². The summed E-state index contributed by atoms with van der Waals surface area (Å²) in [6, 6.07) is 30.5. The topological polar surface area (TPSA) is 61.2 Å². The number of rotatable bonds is 11. The number of carbonyl (C=O) groups excluding carboxylic acids is 1. The summed E-state index contributed by atoms with van der Waals surface area (Å²) in [5.41, 5.74) is 3.51. The van der Waals surface area contributed by atoms with Gasteiger partial charge in [-0.15, -0.1) is 0 Å². The van der Waals surface area contributed by atoms with Gasteiger partial charge in [0.25, 0.3) is 0 Å². The van der Waals surface area contributed by atoms with Crippen molar-refractivity contribution in [1.29, 1.82) is 5.26 Å². The van der Waals surface area contributed by atoms with Crippen molar-refractivity contribution in [2.45, 2.75) is 51.1 Å². The van der Waals surface area contributed by atoms with Crippen LogP contribution in [-0.2, 0) is 21.7 Å². The van der Waals surface area contributed by atoms with Gasteiger partial charge in [-0.2, -0.15) is 5.26 Å². The molecule has 1 aliphatic carbocycles. The molecule has 0 bridgehead atoms. The lowest BCUT2D eigenvalue weighted by molar-refractivity contribution is -0.138. The molecule has 0 spiro atoms.